The first-order valence-corrected chi connectivity index (χ1v) is 13.2. The number of carbonyl (C=O) groups excluding carboxylic acids is 1. The lowest BCUT2D eigenvalue weighted by Crippen LogP contribution is -2.23. The molecule has 13 heteroatoms. The molecule has 3 aromatic carbocycles. The van der Waals surface area contributed by atoms with Gasteiger partial charge in [0.05, 0.1) is 29.2 Å². The van der Waals surface area contributed by atoms with Crippen molar-refractivity contribution in [2.24, 2.45) is 5.10 Å². The van der Waals surface area contributed by atoms with Crippen LogP contribution in [0.4, 0.5) is 15.8 Å². The summed E-state index contributed by atoms with van der Waals surface area (Å²) in [7, 11) is 1.29. The fourth-order valence-electron chi connectivity index (χ4n) is 3.92. The summed E-state index contributed by atoms with van der Waals surface area (Å²) >= 11 is 3.37. The molecule has 1 N–H and O–H groups in total. The molecule has 0 saturated carbocycles. The van der Waals surface area contributed by atoms with Crippen molar-refractivity contribution in [1.29, 1.82) is 0 Å². The number of amides is 1. The Morgan fingerprint density at radius 2 is 2.05 bits per heavy atom. The Morgan fingerprint density at radius 1 is 1.27 bits per heavy atom. The monoisotopic (exact) mass is 625 g/mol. The number of benzene rings is 3. The summed E-state index contributed by atoms with van der Waals surface area (Å²) in [5, 5.41) is 19.1. The molecule has 0 fully saturated rings. The van der Waals surface area contributed by atoms with Gasteiger partial charge in [0.2, 0.25) is 5.75 Å². The van der Waals surface area contributed by atoms with Crippen molar-refractivity contribution in [3.63, 3.8) is 0 Å². The predicted molar refractivity (Wildman–Crippen MR) is 156 cm³/mol. The van der Waals surface area contributed by atoms with Gasteiger partial charge in [-0.3, -0.25) is 19.7 Å². The number of nitrogens with one attached hydrogen (secondary N) is 1. The summed E-state index contributed by atoms with van der Waals surface area (Å²) in [4.78, 5) is 41.6. The number of aromatic nitrogens is 2. The summed E-state index contributed by atoms with van der Waals surface area (Å²) in [6, 6.07) is 13.1. The molecular formula is C28H25BrFN5O6. The fourth-order valence-corrected chi connectivity index (χ4v) is 4.28. The smallest absolute Gasteiger partial charge is 0.315 e. The van der Waals surface area contributed by atoms with Crippen molar-refractivity contribution < 1.29 is 23.6 Å². The van der Waals surface area contributed by atoms with Crippen molar-refractivity contribution in [3.05, 3.63) is 96.7 Å². The first kappa shape index (κ1) is 29.3. The van der Waals surface area contributed by atoms with Crippen LogP contribution in [0.1, 0.15) is 37.6 Å². The Bertz CT molecular complexity index is 1720. The second-order valence-electron chi connectivity index (χ2n) is 8.98. The topological polar surface area (TPSA) is 138 Å². The zero-order chi connectivity index (χ0) is 29.7. The standard InChI is InChI=1S/C28H25BrFN5O6/c1-4-16(2)27-33-22-9-8-18(29)12-21(22)28(37)34(27)31-14-17-10-23(35(38)39)26(24(11-17)40-3)41-15-25(36)32-20-7-5-6-19(30)13-20/h5-14,16H,4,15H2,1-3H3,(H,32,36)/t16-/m1/s1. The molecular weight excluding hydrogens is 601 g/mol. The first-order chi connectivity index (χ1) is 19.6. The van der Waals surface area contributed by atoms with E-state index in [-0.39, 0.29) is 28.7 Å². The highest BCUT2D eigenvalue weighted by Gasteiger charge is 2.23. The quantitative estimate of drug-likeness (QED) is 0.137. The normalized spacial score (nSPS) is 11.9. The minimum Gasteiger partial charge on any atom is -0.493 e. The number of hydrogen-bond donors (Lipinski definition) is 1. The maximum absolute atomic E-state index is 13.4. The van der Waals surface area contributed by atoms with Crippen LogP contribution in [-0.4, -0.2) is 40.4 Å². The number of fused-ring (bicyclic) bond motifs is 1. The maximum atomic E-state index is 13.4. The summed E-state index contributed by atoms with van der Waals surface area (Å²) in [5.74, 6) is -1.18. The van der Waals surface area contributed by atoms with E-state index in [2.05, 4.69) is 31.3 Å². The summed E-state index contributed by atoms with van der Waals surface area (Å²) in [6.07, 6.45) is 1.98. The van der Waals surface area contributed by atoms with E-state index in [1.807, 2.05) is 13.8 Å². The van der Waals surface area contributed by atoms with Gasteiger partial charge in [0.25, 0.3) is 11.5 Å². The van der Waals surface area contributed by atoms with E-state index in [1.54, 1.807) is 18.2 Å². The van der Waals surface area contributed by atoms with Crippen LogP contribution in [0, 0.1) is 15.9 Å². The molecule has 1 amide bonds. The van der Waals surface area contributed by atoms with Crippen LogP contribution >= 0.6 is 15.9 Å². The third-order valence-corrected chi connectivity index (χ3v) is 6.63. The molecule has 0 spiro atoms. The van der Waals surface area contributed by atoms with Gasteiger partial charge in [-0.05, 0) is 48.9 Å². The molecule has 0 radical (unpaired) electrons. The van der Waals surface area contributed by atoms with Gasteiger partial charge in [0.1, 0.15) is 11.6 Å². The Kier molecular flexibility index (Phi) is 9.07. The molecule has 1 heterocycles. The van der Waals surface area contributed by atoms with Crippen LogP contribution in [0.25, 0.3) is 10.9 Å². The average molecular weight is 626 g/mol. The van der Waals surface area contributed by atoms with Crippen molar-refractivity contribution in [3.8, 4) is 11.5 Å². The molecule has 0 aliphatic heterocycles. The highest BCUT2D eigenvalue weighted by atomic mass is 79.9. The van der Waals surface area contributed by atoms with Gasteiger partial charge in [-0.25, -0.2) is 9.37 Å². The molecule has 212 valence electrons. The van der Waals surface area contributed by atoms with Crippen LogP contribution in [0.3, 0.4) is 0 Å². The van der Waals surface area contributed by atoms with E-state index in [4.69, 9.17) is 9.47 Å². The minimum atomic E-state index is -0.689. The second kappa shape index (κ2) is 12.7. The highest BCUT2D eigenvalue weighted by molar-refractivity contribution is 9.10. The Hall–Kier alpha value is -4.65. The summed E-state index contributed by atoms with van der Waals surface area (Å²) < 4.78 is 26.1. The zero-order valence-corrected chi connectivity index (χ0v) is 23.8. The lowest BCUT2D eigenvalue weighted by Gasteiger charge is -2.14. The summed E-state index contributed by atoms with van der Waals surface area (Å²) in [5.41, 5.74) is 0.0869. The Morgan fingerprint density at radius 3 is 2.73 bits per heavy atom. The number of rotatable bonds is 10. The van der Waals surface area contributed by atoms with Gasteiger partial charge >= 0.3 is 5.69 Å². The molecule has 0 bridgehead atoms. The van der Waals surface area contributed by atoms with E-state index in [1.165, 1.54) is 48.3 Å². The van der Waals surface area contributed by atoms with Crippen LogP contribution in [0.5, 0.6) is 11.5 Å². The van der Waals surface area contributed by atoms with Crippen molar-refractivity contribution >= 4 is 50.3 Å². The predicted octanol–water partition coefficient (Wildman–Crippen LogP) is 5.63. The van der Waals surface area contributed by atoms with Crippen LogP contribution in [0.2, 0.25) is 0 Å². The number of nitro groups is 1. The van der Waals surface area contributed by atoms with Crippen LogP contribution in [0.15, 0.2) is 69.0 Å². The third-order valence-electron chi connectivity index (χ3n) is 6.14. The molecule has 4 rings (SSSR count). The van der Waals surface area contributed by atoms with Crippen molar-refractivity contribution in [2.75, 3.05) is 19.0 Å². The number of halogens is 2. The third kappa shape index (κ3) is 6.74. The van der Waals surface area contributed by atoms with Gasteiger partial charge in [-0.2, -0.15) is 9.78 Å². The highest BCUT2D eigenvalue weighted by Crippen LogP contribution is 2.38. The molecule has 1 aromatic heterocycles. The molecule has 0 aliphatic rings. The molecule has 4 aromatic rings. The lowest BCUT2D eigenvalue weighted by atomic mass is 10.1. The number of hydrogen-bond acceptors (Lipinski definition) is 8. The van der Waals surface area contributed by atoms with Gasteiger partial charge < -0.3 is 14.8 Å². The van der Waals surface area contributed by atoms with E-state index in [9.17, 15) is 24.1 Å². The van der Waals surface area contributed by atoms with E-state index in [0.29, 0.717) is 27.6 Å². The molecule has 1 atom stereocenters. The second-order valence-corrected chi connectivity index (χ2v) is 9.89. The SMILES string of the molecule is CC[C@@H](C)c1nc2ccc(Br)cc2c(=O)n1N=Cc1cc(OC)c(OCC(=O)Nc2cccc(F)c2)c([N+](=O)[O-])c1. The van der Waals surface area contributed by atoms with E-state index < -0.39 is 34.5 Å². The number of nitrogens with zero attached hydrogens (tertiary/aromatic N) is 4. The number of anilines is 1. The average Bonchev–Trinajstić information content (AvgIpc) is 2.95. The number of nitro benzene ring substituents is 1. The molecule has 11 nitrogen and oxygen atoms in total. The number of ether oxygens (including phenoxy) is 2. The number of carbonyl (C=O) groups is 1. The molecule has 0 aliphatic carbocycles. The number of methoxy groups -OCH3 is 1. The van der Waals surface area contributed by atoms with E-state index >= 15 is 0 Å². The first-order valence-electron chi connectivity index (χ1n) is 12.4. The van der Waals surface area contributed by atoms with Crippen LogP contribution < -0.4 is 20.3 Å². The van der Waals surface area contributed by atoms with Crippen LogP contribution in [-0.2, 0) is 4.79 Å². The van der Waals surface area contributed by atoms with Crippen molar-refractivity contribution in [2.45, 2.75) is 26.2 Å². The zero-order valence-electron chi connectivity index (χ0n) is 22.3. The fraction of sp³-hybridized carbons (Fsp3) is 0.214. The van der Waals surface area contributed by atoms with Gasteiger partial charge in [-0.1, -0.05) is 35.8 Å². The lowest BCUT2D eigenvalue weighted by molar-refractivity contribution is -0.385. The van der Waals surface area contributed by atoms with E-state index in [0.717, 1.165) is 6.07 Å². The van der Waals surface area contributed by atoms with Gasteiger partial charge in [0, 0.05) is 27.7 Å². The Labute approximate surface area is 241 Å². The molecule has 0 saturated heterocycles. The van der Waals surface area contributed by atoms with Crippen molar-refractivity contribution in [1.82, 2.24) is 9.66 Å². The minimum absolute atomic E-state index is 0.0331. The van der Waals surface area contributed by atoms with Gasteiger partial charge in [0.15, 0.2) is 12.4 Å². The largest absolute Gasteiger partial charge is 0.493 e. The molecule has 0 unspecified atom stereocenters. The summed E-state index contributed by atoms with van der Waals surface area (Å²) in [6.45, 7) is 3.28. The molecule has 41 heavy (non-hydrogen) atoms. The van der Waals surface area contributed by atoms with Gasteiger partial charge in [-0.15, -0.1) is 0 Å². The maximum Gasteiger partial charge on any atom is 0.315 e. The Balaban J connectivity index is 1.68.